The van der Waals surface area contributed by atoms with Crippen molar-refractivity contribution in [2.24, 2.45) is 0 Å². The van der Waals surface area contributed by atoms with Crippen LogP contribution in [-0.4, -0.2) is 46.1 Å². The molecule has 3 aliphatic heterocycles. The molecule has 0 amide bonds. The van der Waals surface area contributed by atoms with Gasteiger partial charge in [0, 0.05) is 13.1 Å². The first-order valence-electron chi connectivity index (χ1n) is 5.28. The van der Waals surface area contributed by atoms with Gasteiger partial charge in [0.15, 0.2) is 0 Å². The van der Waals surface area contributed by atoms with E-state index in [2.05, 4.69) is 0 Å². The quantitative estimate of drug-likeness (QED) is 0.474. The molecule has 2 nitrogen and oxygen atoms in total. The number of piperazine rings is 3. The van der Waals surface area contributed by atoms with Crippen LogP contribution in [-0.2, 0) is 0 Å². The second-order valence-electron chi connectivity index (χ2n) is 5.50. The summed E-state index contributed by atoms with van der Waals surface area (Å²) in [6.07, 6.45) is 0. The van der Waals surface area contributed by atoms with Crippen molar-refractivity contribution in [1.29, 1.82) is 0 Å². The maximum absolute atomic E-state index is 13.9. The molecule has 0 unspecified atom stereocenters. The number of fused-ring (bicyclic) bond motifs is 3. The fourth-order valence-electron chi connectivity index (χ4n) is 2.90. The Hall–Kier alpha value is -0.360. The maximum Gasteiger partial charge on any atom is 0.327 e. The molecule has 0 spiro atoms. The number of halogens is 4. The number of hydrogen-bond donors (Lipinski definition) is 0. The van der Waals surface area contributed by atoms with Crippen LogP contribution in [0, 0.1) is 0 Å². The molecular weight excluding hydrogens is 224 g/mol. The van der Waals surface area contributed by atoms with Gasteiger partial charge in [0.1, 0.15) is 0 Å². The summed E-state index contributed by atoms with van der Waals surface area (Å²) in [5, 5.41) is 0. The predicted molar refractivity (Wildman–Crippen MR) is 51.5 cm³/mol. The van der Waals surface area contributed by atoms with Crippen molar-refractivity contribution >= 4 is 0 Å². The van der Waals surface area contributed by atoms with Gasteiger partial charge in [-0.15, -0.1) is 0 Å². The van der Waals surface area contributed by atoms with Crippen LogP contribution in [0.4, 0.5) is 17.6 Å². The first-order chi connectivity index (χ1) is 6.97. The van der Waals surface area contributed by atoms with E-state index < -0.39 is 23.2 Å². The Morgan fingerprint density at radius 3 is 1.31 bits per heavy atom. The lowest BCUT2D eigenvalue weighted by molar-refractivity contribution is -0.419. The third-order valence-corrected chi connectivity index (χ3v) is 4.05. The first-order valence-corrected chi connectivity index (χ1v) is 5.28. The van der Waals surface area contributed by atoms with Gasteiger partial charge in [-0.25, -0.2) is 0 Å². The van der Waals surface area contributed by atoms with E-state index in [0.29, 0.717) is 0 Å². The van der Waals surface area contributed by atoms with E-state index in [1.165, 1.54) is 32.6 Å². The van der Waals surface area contributed by atoms with Gasteiger partial charge in [-0.3, -0.25) is 4.90 Å². The molecule has 3 heterocycles. The average Bonchev–Trinajstić information content (AvgIpc) is 2.06. The van der Waals surface area contributed by atoms with E-state index in [4.69, 9.17) is 0 Å². The van der Waals surface area contributed by atoms with Crippen LogP contribution in [0.15, 0.2) is 0 Å². The largest absolute Gasteiger partial charge is 0.327 e. The molecule has 3 aliphatic rings. The topological polar surface area (TPSA) is 6.48 Å². The molecule has 3 rings (SSSR count). The van der Waals surface area contributed by atoms with Gasteiger partial charge in [0.25, 0.3) is 0 Å². The standard InChI is InChI=1S/C10H16F4N2/c1-7(2)9(11,12)16-6-5-15(7)8(3,4)10(16,13)14/h5-6H2,1-4H3. The third kappa shape index (κ3) is 1.00. The van der Waals surface area contributed by atoms with E-state index in [1.54, 1.807) is 0 Å². The Balaban J connectivity index is 2.59. The van der Waals surface area contributed by atoms with E-state index in [9.17, 15) is 17.6 Å². The molecule has 3 saturated heterocycles. The fraction of sp³-hybridized carbons (Fsp3) is 1.00. The van der Waals surface area contributed by atoms with Crippen molar-refractivity contribution in [2.45, 2.75) is 50.9 Å². The smallest absolute Gasteiger partial charge is 0.278 e. The molecular formula is C10H16F4N2. The molecule has 0 aromatic heterocycles. The highest BCUT2D eigenvalue weighted by Gasteiger charge is 2.76. The molecule has 0 atom stereocenters. The predicted octanol–water partition coefficient (Wildman–Crippen LogP) is 2.36. The van der Waals surface area contributed by atoms with Crippen LogP contribution in [0.2, 0.25) is 0 Å². The van der Waals surface area contributed by atoms with E-state index in [0.717, 1.165) is 0 Å². The van der Waals surface area contributed by atoms with Gasteiger partial charge in [-0.05, 0) is 27.7 Å². The lowest BCUT2D eigenvalue weighted by atomic mass is 9.80. The Kier molecular flexibility index (Phi) is 2.06. The summed E-state index contributed by atoms with van der Waals surface area (Å²) in [6, 6.07) is -7.02. The lowest BCUT2D eigenvalue weighted by Gasteiger charge is -2.66. The summed E-state index contributed by atoms with van der Waals surface area (Å²) >= 11 is 0. The summed E-state index contributed by atoms with van der Waals surface area (Å²) in [6.45, 7) is 5.20. The number of nitrogens with zero attached hydrogens (tertiary/aromatic N) is 2. The van der Waals surface area contributed by atoms with Crippen molar-refractivity contribution in [2.75, 3.05) is 13.1 Å². The highest BCUT2D eigenvalue weighted by Crippen LogP contribution is 2.56. The van der Waals surface area contributed by atoms with E-state index in [-0.39, 0.29) is 18.0 Å². The first kappa shape index (κ1) is 12.1. The number of hydrogen-bond acceptors (Lipinski definition) is 2. The highest BCUT2D eigenvalue weighted by molar-refractivity contribution is 5.15. The molecule has 3 fully saturated rings. The van der Waals surface area contributed by atoms with Crippen molar-refractivity contribution in [3.05, 3.63) is 0 Å². The van der Waals surface area contributed by atoms with Crippen LogP contribution in [0.1, 0.15) is 27.7 Å². The highest BCUT2D eigenvalue weighted by atomic mass is 19.3. The zero-order valence-corrected chi connectivity index (χ0v) is 9.82. The zero-order valence-electron chi connectivity index (χ0n) is 9.82. The molecule has 2 bridgehead atoms. The summed E-state index contributed by atoms with van der Waals surface area (Å²) in [7, 11) is 0. The molecule has 0 N–H and O–H groups in total. The second-order valence-corrected chi connectivity index (χ2v) is 5.50. The summed E-state index contributed by atoms with van der Waals surface area (Å²) in [4.78, 5) is 1.28. The molecule has 0 aromatic carbocycles. The molecule has 6 heteroatoms. The minimum Gasteiger partial charge on any atom is -0.278 e. The Labute approximate surface area is 92.2 Å². The van der Waals surface area contributed by atoms with E-state index in [1.807, 2.05) is 0 Å². The summed E-state index contributed by atoms with van der Waals surface area (Å²) in [5.41, 5.74) is -3.15. The zero-order chi connectivity index (χ0) is 12.6. The van der Waals surface area contributed by atoms with Crippen molar-refractivity contribution in [3.8, 4) is 0 Å². The van der Waals surface area contributed by atoms with Crippen molar-refractivity contribution < 1.29 is 17.6 Å². The third-order valence-electron chi connectivity index (χ3n) is 4.05. The van der Waals surface area contributed by atoms with Gasteiger partial charge in [0.05, 0.1) is 11.1 Å². The molecule has 0 aromatic rings. The number of rotatable bonds is 0. The van der Waals surface area contributed by atoms with Gasteiger partial charge in [-0.2, -0.15) is 22.5 Å². The Morgan fingerprint density at radius 2 is 1.00 bits per heavy atom. The number of alkyl halides is 4. The van der Waals surface area contributed by atoms with Crippen LogP contribution in [0.3, 0.4) is 0 Å². The fourth-order valence-corrected chi connectivity index (χ4v) is 2.90. The van der Waals surface area contributed by atoms with Crippen LogP contribution >= 0.6 is 0 Å². The Bertz CT molecular complexity index is 265. The van der Waals surface area contributed by atoms with Crippen molar-refractivity contribution in [3.63, 3.8) is 0 Å². The van der Waals surface area contributed by atoms with Crippen LogP contribution in [0.25, 0.3) is 0 Å². The molecule has 16 heavy (non-hydrogen) atoms. The lowest BCUT2D eigenvalue weighted by Crippen LogP contribution is -2.87. The van der Waals surface area contributed by atoms with E-state index >= 15 is 0 Å². The minimum atomic E-state index is -3.51. The van der Waals surface area contributed by atoms with Crippen molar-refractivity contribution in [1.82, 2.24) is 9.80 Å². The second kappa shape index (κ2) is 2.72. The van der Waals surface area contributed by atoms with Gasteiger partial charge < -0.3 is 0 Å². The normalized spacial score (nSPS) is 42.0. The van der Waals surface area contributed by atoms with Gasteiger partial charge >= 0.3 is 12.1 Å². The van der Waals surface area contributed by atoms with Crippen LogP contribution in [0.5, 0.6) is 0 Å². The molecule has 94 valence electrons. The monoisotopic (exact) mass is 240 g/mol. The maximum atomic E-state index is 13.9. The summed E-state index contributed by atoms with van der Waals surface area (Å²) in [5.74, 6) is 0. The molecule has 0 radical (unpaired) electrons. The van der Waals surface area contributed by atoms with Gasteiger partial charge in [-0.1, -0.05) is 0 Å². The Morgan fingerprint density at radius 1 is 0.688 bits per heavy atom. The van der Waals surface area contributed by atoms with Crippen LogP contribution < -0.4 is 0 Å². The molecule has 0 saturated carbocycles. The molecule has 0 aliphatic carbocycles. The summed E-state index contributed by atoms with van der Waals surface area (Å²) < 4.78 is 55.7. The SMILES string of the molecule is CC1(C)N2CCN(C1(F)F)C(F)(F)C2(C)C. The minimum absolute atomic E-state index is 0.0556. The average molecular weight is 240 g/mol. The van der Waals surface area contributed by atoms with Gasteiger partial charge in [0.2, 0.25) is 0 Å².